The van der Waals surface area contributed by atoms with Crippen LogP contribution in [0.4, 0.5) is 34.1 Å². The molecule has 0 fully saturated rings. The molecule has 7 aromatic carbocycles. The zero-order chi connectivity index (χ0) is 33.6. The Labute approximate surface area is 295 Å². The van der Waals surface area contributed by atoms with E-state index in [1.165, 1.54) is 37.3 Å². The summed E-state index contributed by atoms with van der Waals surface area (Å²) in [6.45, 7) is 3.57. The molecule has 50 heavy (non-hydrogen) atoms. The lowest BCUT2D eigenvalue weighted by Crippen LogP contribution is -2.19. The molecular weight excluding hydrogens is 633 g/mol. The molecule has 9 rings (SSSR count). The second kappa shape index (κ2) is 12.6. The molecule has 0 aliphatic carbocycles. The predicted molar refractivity (Wildman–Crippen MR) is 212 cm³/mol. The Morgan fingerprint density at radius 3 is 2.38 bits per heavy atom. The van der Waals surface area contributed by atoms with E-state index >= 15 is 0 Å². The largest absolute Gasteiger partial charge is 0.456 e. The normalized spacial score (nSPS) is 12.0. The first-order valence-corrected chi connectivity index (χ1v) is 17.8. The highest BCUT2D eigenvalue weighted by molar-refractivity contribution is 7.99. The summed E-state index contributed by atoms with van der Waals surface area (Å²) in [5.74, 6) is 0. The van der Waals surface area contributed by atoms with Crippen molar-refractivity contribution in [3.8, 4) is 0 Å². The van der Waals surface area contributed by atoms with Gasteiger partial charge in [0.25, 0.3) is 0 Å². The quantitative estimate of drug-likeness (QED) is 0.150. The van der Waals surface area contributed by atoms with Crippen molar-refractivity contribution in [2.24, 2.45) is 0 Å². The number of anilines is 6. The van der Waals surface area contributed by atoms with E-state index in [0.717, 1.165) is 62.6 Å². The van der Waals surface area contributed by atoms with Gasteiger partial charge in [-0.1, -0.05) is 90.6 Å². The highest BCUT2D eigenvalue weighted by Crippen LogP contribution is 2.49. The van der Waals surface area contributed by atoms with Crippen LogP contribution in [0.15, 0.2) is 154 Å². The minimum Gasteiger partial charge on any atom is -0.456 e. The number of rotatable bonds is 8. The number of hydrogen-bond donors (Lipinski definition) is 3. The molecule has 0 bridgehead atoms. The Morgan fingerprint density at radius 1 is 0.680 bits per heavy atom. The van der Waals surface area contributed by atoms with E-state index in [1.54, 1.807) is 0 Å². The van der Waals surface area contributed by atoms with Gasteiger partial charge in [0.1, 0.15) is 11.2 Å². The Hall–Kier alpha value is -5.85. The van der Waals surface area contributed by atoms with Gasteiger partial charge in [-0.05, 0) is 95.1 Å². The van der Waals surface area contributed by atoms with Crippen molar-refractivity contribution in [1.82, 2.24) is 0 Å². The number of nitrogens with one attached hydrogen (secondary N) is 3. The van der Waals surface area contributed by atoms with Crippen LogP contribution in [0, 0.1) is 6.92 Å². The van der Waals surface area contributed by atoms with E-state index in [-0.39, 0.29) is 0 Å². The molecule has 0 spiro atoms. The summed E-state index contributed by atoms with van der Waals surface area (Å²) in [5, 5.41) is 15.6. The zero-order valence-electron chi connectivity index (χ0n) is 28.0. The minimum atomic E-state index is 0.662. The maximum absolute atomic E-state index is 6.57. The first kappa shape index (κ1) is 30.2. The van der Waals surface area contributed by atoms with Crippen LogP contribution in [0.5, 0.6) is 0 Å². The summed E-state index contributed by atoms with van der Waals surface area (Å²) in [4.78, 5) is 4.90. The maximum atomic E-state index is 6.57. The van der Waals surface area contributed by atoms with Crippen LogP contribution in [0.3, 0.4) is 0 Å². The van der Waals surface area contributed by atoms with Crippen LogP contribution in [-0.4, -0.2) is 7.05 Å². The van der Waals surface area contributed by atoms with E-state index in [4.69, 9.17) is 4.42 Å². The average Bonchev–Trinajstić information content (AvgIpc) is 3.53. The molecule has 0 atom stereocenters. The molecule has 1 aromatic heterocycles. The second-order valence-electron chi connectivity index (χ2n) is 12.8. The molecule has 1 aliphatic rings. The third-order valence-electron chi connectivity index (χ3n) is 9.75. The molecule has 0 saturated heterocycles. The third-order valence-corrected chi connectivity index (χ3v) is 10.9. The van der Waals surface area contributed by atoms with Gasteiger partial charge in [-0.15, -0.1) is 0 Å². The van der Waals surface area contributed by atoms with Crippen molar-refractivity contribution < 1.29 is 4.42 Å². The summed E-state index contributed by atoms with van der Waals surface area (Å²) in [6, 6.07) is 49.7. The fourth-order valence-electron chi connectivity index (χ4n) is 7.14. The van der Waals surface area contributed by atoms with Crippen molar-refractivity contribution in [3.05, 3.63) is 156 Å². The third kappa shape index (κ3) is 5.38. The fourth-order valence-corrected chi connectivity index (χ4v) is 8.11. The minimum absolute atomic E-state index is 0.662. The van der Waals surface area contributed by atoms with Crippen molar-refractivity contribution in [2.75, 3.05) is 27.9 Å². The van der Waals surface area contributed by atoms with Crippen LogP contribution in [0.2, 0.25) is 0 Å². The van der Waals surface area contributed by atoms with E-state index < -0.39 is 0 Å². The van der Waals surface area contributed by atoms with Gasteiger partial charge < -0.3 is 25.3 Å². The van der Waals surface area contributed by atoms with Crippen molar-refractivity contribution in [3.63, 3.8) is 0 Å². The fraction of sp³-hybridized carbons (Fsp3) is 0.0909. The van der Waals surface area contributed by atoms with Gasteiger partial charge in [0.05, 0.1) is 28.1 Å². The molecule has 0 unspecified atom stereocenters. The number of fused-ring (bicyclic) bond motifs is 6. The van der Waals surface area contributed by atoms with Gasteiger partial charge in [0.15, 0.2) is 0 Å². The lowest BCUT2D eigenvalue weighted by atomic mass is 10.0. The first-order chi connectivity index (χ1) is 24.6. The predicted octanol–water partition coefficient (Wildman–Crippen LogP) is 12.2. The van der Waals surface area contributed by atoms with Crippen molar-refractivity contribution in [1.29, 1.82) is 0 Å². The average molecular weight is 669 g/mol. The Morgan fingerprint density at radius 2 is 1.46 bits per heavy atom. The van der Waals surface area contributed by atoms with Crippen LogP contribution < -0.4 is 20.9 Å². The summed E-state index contributed by atoms with van der Waals surface area (Å²) >= 11 is 1.81. The Balaban J connectivity index is 1.22. The van der Waals surface area contributed by atoms with Crippen LogP contribution in [0.1, 0.15) is 16.7 Å². The van der Waals surface area contributed by atoms with Crippen LogP contribution in [0.25, 0.3) is 32.7 Å². The number of hydrogen-bond acceptors (Lipinski definition) is 6. The van der Waals surface area contributed by atoms with E-state index in [1.807, 2.05) is 18.8 Å². The van der Waals surface area contributed by atoms with Gasteiger partial charge in [-0.3, -0.25) is 0 Å². The summed E-state index contributed by atoms with van der Waals surface area (Å²) in [7, 11) is 2.00. The Bertz CT molecular complexity index is 2550. The lowest BCUT2D eigenvalue weighted by Gasteiger charge is -2.30. The highest BCUT2D eigenvalue weighted by Gasteiger charge is 2.24. The molecule has 6 heteroatoms. The molecule has 8 aromatic rings. The smallest absolute Gasteiger partial charge is 0.137 e. The molecule has 1 aliphatic heterocycles. The van der Waals surface area contributed by atoms with Gasteiger partial charge in [-0.25, -0.2) is 0 Å². The monoisotopic (exact) mass is 668 g/mol. The number of para-hydroxylation sites is 1. The van der Waals surface area contributed by atoms with Crippen molar-refractivity contribution in [2.45, 2.75) is 29.8 Å². The molecule has 5 nitrogen and oxygen atoms in total. The summed E-state index contributed by atoms with van der Waals surface area (Å²) in [6.07, 6.45) is 0. The number of benzene rings is 7. The van der Waals surface area contributed by atoms with E-state index in [0.29, 0.717) is 6.54 Å². The molecule has 0 radical (unpaired) electrons. The Kier molecular flexibility index (Phi) is 7.59. The standard InChI is InChI=1S/C44H36N4OS/c1-28-10-3-4-12-30(28)26-46-32-18-21-39-35(24-32)43-40(49-39)22-20-37(45-2)44(43)48(27-31-14-9-13-29-11-5-6-15-34(29)31)33-19-23-42-38(25-33)47-36-16-7-8-17-41(36)50-42/h3-25,45-47H,26-27H2,1-2H3. The molecular formula is C44H36N4OS. The molecule has 0 saturated carbocycles. The second-order valence-corrected chi connectivity index (χ2v) is 13.9. The number of furan rings is 1. The van der Waals surface area contributed by atoms with E-state index in [2.05, 4.69) is 167 Å². The molecule has 3 N–H and O–H groups in total. The number of aryl methyl sites for hydroxylation is 1. The van der Waals surface area contributed by atoms with Crippen LogP contribution in [-0.2, 0) is 13.1 Å². The SMILES string of the molecule is CNc1ccc2oc3ccc(NCc4ccccc4C)cc3c2c1N(Cc1cccc2ccccc12)c1ccc2c(c1)Nc1ccccc1S2. The zero-order valence-corrected chi connectivity index (χ0v) is 28.8. The molecule has 0 amide bonds. The summed E-state index contributed by atoms with van der Waals surface area (Å²) < 4.78 is 6.57. The number of nitrogens with zero attached hydrogens (tertiary/aromatic N) is 1. The van der Waals surface area contributed by atoms with Gasteiger partial charge >= 0.3 is 0 Å². The van der Waals surface area contributed by atoms with Crippen molar-refractivity contribution >= 4 is 78.6 Å². The van der Waals surface area contributed by atoms with Crippen LogP contribution >= 0.6 is 11.8 Å². The highest BCUT2D eigenvalue weighted by atomic mass is 32.2. The van der Waals surface area contributed by atoms with Gasteiger partial charge in [0, 0.05) is 46.7 Å². The molecule has 2 heterocycles. The van der Waals surface area contributed by atoms with Gasteiger partial charge in [-0.2, -0.15) is 0 Å². The topological polar surface area (TPSA) is 52.5 Å². The maximum Gasteiger partial charge on any atom is 0.137 e. The first-order valence-electron chi connectivity index (χ1n) is 17.0. The summed E-state index contributed by atoms with van der Waals surface area (Å²) in [5.41, 5.74) is 12.0. The van der Waals surface area contributed by atoms with E-state index in [9.17, 15) is 0 Å². The van der Waals surface area contributed by atoms with Gasteiger partial charge in [0.2, 0.25) is 0 Å². The lowest BCUT2D eigenvalue weighted by molar-refractivity contribution is 0.669. The molecule has 244 valence electrons.